The number of carbonyl (C=O) groups excluding carboxylic acids is 1. The van der Waals surface area contributed by atoms with E-state index in [1.165, 1.54) is 0 Å². The fourth-order valence-corrected chi connectivity index (χ4v) is 1.98. The van der Waals surface area contributed by atoms with Crippen molar-refractivity contribution in [1.29, 1.82) is 0 Å². The number of anilines is 1. The minimum absolute atomic E-state index is 0.0847. The second kappa shape index (κ2) is 7.78. The van der Waals surface area contributed by atoms with Crippen LogP contribution in [0.25, 0.3) is 0 Å². The van der Waals surface area contributed by atoms with E-state index in [4.69, 9.17) is 0 Å². The highest BCUT2D eigenvalue weighted by atomic mass is 79.9. The first-order valence-corrected chi connectivity index (χ1v) is 8.22. The van der Waals surface area contributed by atoms with E-state index in [2.05, 4.69) is 66.2 Å². The van der Waals surface area contributed by atoms with Crippen LogP contribution in [0.4, 0.5) is 5.82 Å². The zero-order valence-corrected chi connectivity index (χ0v) is 15.2. The Labute approximate surface area is 136 Å². The SMILES string of the molecule is CCCNc1ncc(Br)cc1C(=O)NCC(C)C(C)(C)C. The van der Waals surface area contributed by atoms with Crippen molar-refractivity contribution in [1.82, 2.24) is 10.3 Å². The number of hydrogen-bond acceptors (Lipinski definition) is 3. The number of hydrogen-bond donors (Lipinski definition) is 2. The molecule has 0 aliphatic heterocycles. The summed E-state index contributed by atoms with van der Waals surface area (Å²) in [7, 11) is 0. The largest absolute Gasteiger partial charge is 0.369 e. The monoisotopic (exact) mass is 355 g/mol. The van der Waals surface area contributed by atoms with Crippen LogP contribution >= 0.6 is 15.9 Å². The van der Waals surface area contributed by atoms with Gasteiger partial charge in [-0.2, -0.15) is 0 Å². The molecule has 1 unspecified atom stereocenters. The van der Waals surface area contributed by atoms with Gasteiger partial charge in [-0.05, 0) is 39.8 Å². The first-order chi connectivity index (χ1) is 9.75. The van der Waals surface area contributed by atoms with Gasteiger partial charge in [0.25, 0.3) is 5.91 Å². The summed E-state index contributed by atoms with van der Waals surface area (Å²) >= 11 is 3.37. The maximum Gasteiger partial charge on any atom is 0.255 e. The molecular weight excluding hydrogens is 330 g/mol. The van der Waals surface area contributed by atoms with Gasteiger partial charge in [0.05, 0.1) is 5.56 Å². The molecule has 1 rings (SSSR count). The summed E-state index contributed by atoms with van der Waals surface area (Å²) in [5, 5.41) is 6.21. The second-order valence-electron chi connectivity index (χ2n) is 6.45. The molecule has 0 aliphatic rings. The Morgan fingerprint density at radius 3 is 2.67 bits per heavy atom. The summed E-state index contributed by atoms with van der Waals surface area (Å²) in [5.41, 5.74) is 0.755. The van der Waals surface area contributed by atoms with Gasteiger partial charge in [0.2, 0.25) is 0 Å². The number of nitrogens with one attached hydrogen (secondary N) is 2. The van der Waals surface area contributed by atoms with Gasteiger partial charge in [-0.25, -0.2) is 4.98 Å². The molecule has 1 atom stereocenters. The average Bonchev–Trinajstić information content (AvgIpc) is 2.41. The first kappa shape index (κ1) is 18.0. The molecule has 0 radical (unpaired) electrons. The minimum atomic E-state index is -0.0847. The van der Waals surface area contributed by atoms with E-state index in [0.29, 0.717) is 23.8 Å². The smallest absolute Gasteiger partial charge is 0.255 e. The number of carbonyl (C=O) groups is 1. The Morgan fingerprint density at radius 1 is 1.43 bits per heavy atom. The van der Waals surface area contributed by atoms with E-state index in [1.807, 2.05) is 6.07 Å². The molecule has 1 amide bonds. The molecule has 1 aromatic rings. The third kappa shape index (κ3) is 5.65. The maximum absolute atomic E-state index is 12.4. The van der Waals surface area contributed by atoms with Gasteiger partial charge in [0, 0.05) is 23.8 Å². The van der Waals surface area contributed by atoms with Crippen molar-refractivity contribution in [2.45, 2.75) is 41.0 Å². The number of pyridine rings is 1. The lowest BCUT2D eigenvalue weighted by molar-refractivity contribution is 0.0937. The highest BCUT2D eigenvalue weighted by molar-refractivity contribution is 9.10. The lowest BCUT2D eigenvalue weighted by atomic mass is 9.82. The van der Waals surface area contributed by atoms with Gasteiger partial charge in [-0.3, -0.25) is 4.79 Å². The number of aromatic nitrogens is 1. The Bertz CT molecular complexity index is 483. The molecule has 0 saturated heterocycles. The van der Waals surface area contributed by atoms with Crippen molar-refractivity contribution in [3.05, 3.63) is 22.3 Å². The lowest BCUT2D eigenvalue weighted by Crippen LogP contribution is -2.34. The fourth-order valence-electron chi connectivity index (χ4n) is 1.64. The van der Waals surface area contributed by atoms with Crippen molar-refractivity contribution in [3.63, 3.8) is 0 Å². The number of rotatable bonds is 6. The van der Waals surface area contributed by atoms with Crippen molar-refractivity contribution < 1.29 is 4.79 Å². The Morgan fingerprint density at radius 2 is 2.10 bits per heavy atom. The Balaban J connectivity index is 2.79. The van der Waals surface area contributed by atoms with Crippen molar-refractivity contribution >= 4 is 27.7 Å². The van der Waals surface area contributed by atoms with E-state index in [9.17, 15) is 4.79 Å². The van der Waals surface area contributed by atoms with E-state index in [1.54, 1.807) is 6.20 Å². The van der Waals surface area contributed by atoms with Gasteiger partial charge < -0.3 is 10.6 Å². The number of halogens is 1. The van der Waals surface area contributed by atoms with Crippen LogP contribution in [0.2, 0.25) is 0 Å². The average molecular weight is 356 g/mol. The van der Waals surface area contributed by atoms with Crippen molar-refractivity contribution in [2.24, 2.45) is 11.3 Å². The van der Waals surface area contributed by atoms with E-state index >= 15 is 0 Å². The topological polar surface area (TPSA) is 54.0 Å². The molecule has 21 heavy (non-hydrogen) atoms. The van der Waals surface area contributed by atoms with Gasteiger partial charge in [0.1, 0.15) is 5.82 Å². The molecule has 0 saturated carbocycles. The molecule has 0 fully saturated rings. The van der Waals surface area contributed by atoms with E-state index in [0.717, 1.165) is 17.4 Å². The van der Waals surface area contributed by atoms with E-state index in [-0.39, 0.29) is 11.3 Å². The predicted octanol–water partition coefficient (Wildman–Crippen LogP) is 4.08. The Hall–Kier alpha value is -1.10. The van der Waals surface area contributed by atoms with Crippen LogP contribution in [0.15, 0.2) is 16.7 Å². The van der Waals surface area contributed by atoms with Crippen molar-refractivity contribution in [2.75, 3.05) is 18.4 Å². The number of amides is 1. The summed E-state index contributed by atoms with van der Waals surface area (Å²) in [4.78, 5) is 16.7. The predicted molar refractivity (Wildman–Crippen MR) is 91.7 cm³/mol. The normalized spacial score (nSPS) is 12.9. The molecule has 0 bridgehead atoms. The zero-order valence-electron chi connectivity index (χ0n) is 13.6. The zero-order chi connectivity index (χ0) is 16.0. The van der Waals surface area contributed by atoms with Gasteiger partial charge >= 0.3 is 0 Å². The maximum atomic E-state index is 12.4. The van der Waals surface area contributed by atoms with Crippen LogP contribution < -0.4 is 10.6 Å². The van der Waals surface area contributed by atoms with E-state index < -0.39 is 0 Å². The van der Waals surface area contributed by atoms with Gasteiger partial charge in [-0.15, -0.1) is 0 Å². The third-order valence-corrected chi connectivity index (χ3v) is 4.12. The summed E-state index contributed by atoms with van der Waals surface area (Å²) in [6, 6.07) is 1.81. The van der Waals surface area contributed by atoms with Crippen LogP contribution in [0.1, 0.15) is 51.4 Å². The van der Waals surface area contributed by atoms with Crippen LogP contribution in [0, 0.1) is 11.3 Å². The quantitative estimate of drug-likeness (QED) is 0.808. The van der Waals surface area contributed by atoms with Crippen LogP contribution in [-0.2, 0) is 0 Å². The van der Waals surface area contributed by atoms with Crippen LogP contribution in [-0.4, -0.2) is 24.0 Å². The fraction of sp³-hybridized carbons (Fsp3) is 0.625. The minimum Gasteiger partial charge on any atom is -0.369 e. The molecule has 4 nitrogen and oxygen atoms in total. The molecule has 1 aromatic heterocycles. The number of nitrogens with zero attached hydrogens (tertiary/aromatic N) is 1. The lowest BCUT2D eigenvalue weighted by Gasteiger charge is -2.27. The molecule has 1 heterocycles. The summed E-state index contributed by atoms with van der Waals surface area (Å²) in [5.74, 6) is 0.952. The molecule has 0 spiro atoms. The summed E-state index contributed by atoms with van der Waals surface area (Å²) < 4.78 is 0.804. The molecule has 5 heteroatoms. The first-order valence-electron chi connectivity index (χ1n) is 7.43. The molecule has 118 valence electrons. The van der Waals surface area contributed by atoms with Crippen molar-refractivity contribution in [3.8, 4) is 0 Å². The van der Waals surface area contributed by atoms with Gasteiger partial charge in [-0.1, -0.05) is 34.6 Å². The summed E-state index contributed by atoms with van der Waals surface area (Å²) in [6.45, 7) is 12.2. The van der Waals surface area contributed by atoms with Crippen LogP contribution in [0.5, 0.6) is 0 Å². The molecule has 0 aliphatic carbocycles. The highest BCUT2D eigenvalue weighted by Crippen LogP contribution is 2.25. The highest BCUT2D eigenvalue weighted by Gasteiger charge is 2.21. The standard InChI is InChI=1S/C16H26BrN3O/c1-6-7-18-14-13(8-12(17)10-19-14)15(21)20-9-11(2)16(3,4)5/h8,10-11H,6-7,9H2,1-5H3,(H,18,19)(H,20,21). The van der Waals surface area contributed by atoms with Gasteiger partial charge in [0.15, 0.2) is 0 Å². The second-order valence-corrected chi connectivity index (χ2v) is 7.37. The Kier molecular flexibility index (Phi) is 6.65. The molecular formula is C16H26BrN3O. The molecule has 2 N–H and O–H groups in total. The molecule has 0 aromatic carbocycles. The van der Waals surface area contributed by atoms with Crippen LogP contribution in [0.3, 0.4) is 0 Å². The third-order valence-electron chi connectivity index (χ3n) is 3.69. The summed E-state index contributed by atoms with van der Waals surface area (Å²) in [6.07, 6.45) is 2.69.